The molecule has 1 N–H and O–H groups in total. The lowest BCUT2D eigenvalue weighted by Crippen LogP contribution is -2.30. The number of carbonyl (C=O) groups is 2. The zero-order valence-electron chi connectivity index (χ0n) is 17.5. The fourth-order valence-electron chi connectivity index (χ4n) is 3.82. The van der Waals surface area contributed by atoms with Crippen molar-refractivity contribution in [2.45, 2.75) is 12.2 Å². The predicted octanol–water partition coefficient (Wildman–Crippen LogP) is 5.38. The standard InChI is InChI=1S/C24H14F4N2O5/c25-18-7-2-1-6-17(18)20-19(21(31)13-8-10-15(11-9-13)30(34)35)22(32)23(33)29(20)16-5-3-4-14(12-16)24(26,27)28/h1-12,20,31H/b21-19+/t20-/m1/s1. The van der Waals surface area contributed by atoms with Crippen LogP contribution in [0.5, 0.6) is 0 Å². The van der Waals surface area contributed by atoms with Gasteiger partial charge in [0, 0.05) is 28.9 Å². The number of Topliss-reactive ketones (excluding diaryl/α,β-unsaturated/α-hetero) is 1. The number of nitro benzene ring substituents is 1. The van der Waals surface area contributed by atoms with Crippen molar-refractivity contribution in [3.8, 4) is 0 Å². The molecule has 3 aromatic carbocycles. The molecule has 1 amide bonds. The van der Waals surface area contributed by atoms with Crippen LogP contribution >= 0.6 is 0 Å². The molecule has 0 bridgehead atoms. The number of non-ortho nitro benzene ring substituents is 1. The Morgan fingerprint density at radius 3 is 2.23 bits per heavy atom. The van der Waals surface area contributed by atoms with Crippen molar-refractivity contribution in [2.24, 2.45) is 0 Å². The van der Waals surface area contributed by atoms with E-state index in [9.17, 15) is 42.4 Å². The van der Waals surface area contributed by atoms with E-state index in [0.717, 1.165) is 48.5 Å². The van der Waals surface area contributed by atoms with Crippen LogP contribution < -0.4 is 4.90 Å². The SMILES string of the molecule is O=C1C(=O)N(c2cccc(C(F)(F)F)c2)[C@H](c2ccccc2F)/C1=C(\O)c1ccc([N+](=O)[O-])cc1. The third-order valence-electron chi connectivity index (χ3n) is 5.45. The average molecular weight is 486 g/mol. The molecule has 0 unspecified atom stereocenters. The minimum Gasteiger partial charge on any atom is -0.507 e. The Morgan fingerprint density at radius 2 is 1.63 bits per heavy atom. The van der Waals surface area contributed by atoms with Crippen LogP contribution in [-0.4, -0.2) is 21.7 Å². The molecule has 0 aromatic heterocycles. The van der Waals surface area contributed by atoms with Gasteiger partial charge in [-0.3, -0.25) is 24.6 Å². The van der Waals surface area contributed by atoms with Gasteiger partial charge in [0.15, 0.2) is 0 Å². The van der Waals surface area contributed by atoms with Crippen molar-refractivity contribution in [3.63, 3.8) is 0 Å². The van der Waals surface area contributed by atoms with Crippen molar-refractivity contribution in [1.29, 1.82) is 0 Å². The maximum absolute atomic E-state index is 14.8. The first-order valence-corrected chi connectivity index (χ1v) is 9.98. The number of nitro groups is 1. The number of rotatable bonds is 4. The van der Waals surface area contributed by atoms with E-state index in [1.807, 2.05) is 0 Å². The van der Waals surface area contributed by atoms with Gasteiger partial charge in [0.1, 0.15) is 11.6 Å². The van der Waals surface area contributed by atoms with Gasteiger partial charge >= 0.3 is 6.18 Å². The first-order valence-electron chi connectivity index (χ1n) is 9.98. The Labute approximate surface area is 194 Å². The maximum Gasteiger partial charge on any atom is 0.416 e. The number of amides is 1. The summed E-state index contributed by atoms with van der Waals surface area (Å²) in [6, 6.07) is 11.4. The third kappa shape index (κ3) is 4.23. The van der Waals surface area contributed by atoms with Crippen LogP contribution in [0.4, 0.5) is 28.9 Å². The molecule has 0 saturated carbocycles. The van der Waals surface area contributed by atoms with Crippen molar-refractivity contribution >= 4 is 28.8 Å². The first-order chi connectivity index (χ1) is 16.5. The molecule has 11 heteroatoms. The molecule has 35 heavy (non-hydrogen) atoms. The highest BCUT2D eigenvalue weighted by molar-refractivity contribution is 6.51. The van der Waals surface area contributed by atoms with Crippen LogP contribution in [0.2, 0.25) is 0 Å². The minimum absolute atomic E-state index is 0.0843. The Morgan fingerprint density at radius 1 is 0.971 bits per heavy atom. The molecule has 1 saturated heterocycles. The smallest absolute Gasteiger partial charge is 0.416 e. The molecule has 1 heterocycles. The molecule has 7 nitrogen and oxygen atoms in total. The lowest BCUT2D eigenvalue weighted by atomic mass is 9.94. The molecule has 0 aliphatic carbocycles. The van der Waals surface area contributed by atoms with Crippen LogP contribution in [0, 0.1) is 15.9 Å². The number of halogens is 4. The van der Waals surface area contributed by atoms with E-state index < -0.39 is 51.5 Å². The number of alkyl halides is 3. The van der Waals surface area contributed by atoms with Gasteiger partial charge in [0.25, 0.3) is 17.4 Å². The molecule has 4 rings (SSSR count). The summed E-state index contributed by atoms with van der Waals surface area (Å²) in [6.45, 7) is 0. The monoisotopic (exact) mass is 486 g/mol. The average Bonchev–Trinajstić information content (AvgIpc) is 3.08. The molecule has 1 fully saturated rings. The number of aliphatic hydroxyl groups is 1. The number of ketones is 1. The second-order valence-electron chi connectivity index (χ2n) is 7.54. The van der Waals surface area contributed by atoms with Crippen LogP contribution in [0.15, 0.2) is 78.4 Å². The zero-order valence-corrected chi connectivity index (χ0v) is 17.5. The summed E-state index contributed by atoms with van der Waals surface area (Å²) in [4.78, 5) is 36.9. The summed E-state index contributed by atoms with van der Waals surface area (Å²) < 4.78 is 54.7. The number of hydrogen-bond acceptors (Lipinski definition) is 5. The molecular weight excluding hydrogens is 472 g/mol. The first kappa shape index (κ1) is 23.6. The van der Waals surface area contributed by atoms with Crippen molar-refractivity contribution in [3.05, 3.63) is 111 Å². The Hall–Kier alpha value is -4.54. The van der Waals surface area contributed by atoms with E-state index in [2.05, 4.69) is 0 Å². The fourth-order valence-corrected chi connectivity index (χ4v) is 3.82. The highest BCUT2D eigenvalue weighted by Gasteiger charge is 2.48. The van der Waals surface area contributed by atoms with Crippen LogP contribution in [0.25, 0.3) is 5.76 Å². The Balaban J connectivity index is 1.94. The summed E-state index contributed by atoms with van der Waals surface area (Å²) in [5.74, 6) is -4.17. The van der Waals surface area contributed by atoms with Crippen molar-refractivity contribution in [2.75, 3.05) is 4.90 Å². The molecule has 1 aliphatic heterocycles. The highest BCUT2D eigenvalue weighted by Crippen LogP contribution is 2.44. The van der Waals surface area contributed by atoms with Gasteiger partial charge in [0.05, 0.1) is 22.1 Å². The predicted molar refractivity (Wildman–Crippen MR) is 116 cm³/mol. The Bertz CT molecular complexity index is 1380. The van der Waals surface area contributed by atoms with Crippen LogP contribution in [-0.2, 0) is 15.8 Å². The van der Waals surface area contributed by atoms with E-state index in [1.54, 1.807) is 0 Å². The zero-order chi connectivity index (χ0) is 25.5. The van der Waals surface area contributed by atoms with Gasteiger partial charge in [-0.1, -0.05) is 24.3 Å². The number of anilines is 1. The second kappa shape index (κ2) is 8.67. The molecule has 1 aliphatic rings. The summed E-state index contributed by atoms with van der Waals surface area (Å²) in [7, 11) is 0. The van der Waals surface area contributed by atoms with Gasteiger partial charge in [-0.25, -0.2) is 4.39 Å². The van der Waals surface area contributed by atoms with E-state index in [-0.39, 0.29) is 22.5 Å². The molecule has 178 valence electrons. The fraction of sp³-hybridized carbons (Fsp3) is 0.0833. The van der Waals surface area contributed by atoms with E-state index in [0.29, 0.717) is 11.0 Å². The van der Waals surface area contributed by atoms with E-state index in [4.69, 9.17) is 0 Å². The number of aliphatic hydroxyl groups excluding tert-OH is 1. The number of hydrogen-bond donors (Lipinski definition) is 1. The molecule has 0 spiro atoms. The van der Waals surface area contributed by atoms with Crippen LogP contribution in [0.1, 0.15) is 22.7 Å². The largest absolute Gasteiger partial charge is 0.507 e. The quantitative estimate of drug-likeness (QED) is 0.133. The molecule has 3 aromatic rings. The lowest BCUT2D eigenvalue weighted by Gasteiger charge is -2.26. The second-order valence-corrected chi connectivity index (χ2v) is 7.54. The minimum atomic E-state index is -4.75. The van der Waals surface area contributed by atoms with E-state index in [1.165, 1.54) is 18.2 Å². The maximum atomic E-state index is 14.8. The lowest BCUT2D eigenvalue weighted by molar-refractivity contribution is -0.384. The third-order valence-corrected chi connectivity index (χ3v) is 5.45. The number of benzene rings is 3. The highest BCUT2D eigenvalue weighted by atomic mass is 19.4. The summed E-state index contributed by atoms with van der Waals surface area (Å²) in [6.07, 6.45) is -4.75. The van der Waals surface area contributed by atoms with Gasteiger partial charge in [-0.05, 0) is 36.4 Å². The molecular formula is C24H14F4N2O5. The Kier molecular flexibility index (Phi) is 5.85. The van der Waals surface area contributed by atoms with Gasteiger partial charge in [-0.2, -0.15) is 13.2 Å². The summed E-state index contributed by atoms with van der Waals surface area (Å²) >= 11 is 0. The summed E-state index contributed by atoms with van der Waals surface area (Å²) in [5, 5.41) is 21.8. The summed E-state index contributed by atoms with van der Waals surface area (Å²) in [5.41, 5.74) is -2.65. The number of carbonyl (C=O) groups excluding carboxylic acids is 2. The van der Waals surface area contributed by atoms with Crippen LogP contribution in [0.3, 0.4) is 0 Å². The number of nitrogens with zero attached hydrogens (tertiary/aromatic N) is 2. The van der Waals surface area contributed by atoms with Gasteiger partial charge in [0.2, 0.25) is 0 Å². The van der Waals surface area contributed by atoms with Gasteiger partial charge in [-0.15, -0.1) is 0 Å². The molecule has 1 atom stereocenters. The van der Waals surface area contributed by atoms with E-state index >= 15 is 0 Å². The normalized spacial score (nSPS) is 17.6. The topological polar surface area (TPSA) is 101 Å². The molecule has 0 radical (unpaired) electrons. The van der Waals surface area contributed by atoms with Gasteiger partial charge < -0.3 is 5.11 Å². The van der Waals surface area contributed by atoms with Crippen molar-refractivity contribution in [1.82, 2.24) is 0 Å². The van der Waals surface area contributed by atoms with Crippen molar-refractivity contribution < 1.29 is 37.2 Å².